The van der Waals surface area contributed by atoms with Crippen LogP contribution in [0.1, 0.15) is 5.56 Å². The maximum absolute atomic E-state index is 10.3. The summed E-state index contributed by atoms with van der Waals surface area (Å²) in [6, 6.07) is 74.1. The van der Waals surface area contributed by atoms with Crippen molar-refractivity contribution in [2.75, 3.05) is 0 Å². The standard InChI is InChI=1S/C55H33N5/c56-34-35-24-26-44-51(32-35)58(49-30-27-42-40-20-10-12-22-46(40)59(54(42)52(44)49)37-16-6-2-7-17-37)39-25-29-48-45(33-39)53-50(57(48)36-14-4-1-5-15-36)31-28-43-41-21-11-13-23-47(41)60(55(43)53)38-18-8-3-9-19-38/h1-33H. The Morgan fingerprint density at radius 3 is 1.27 bits per heavy atom. The largest absolute Gasteiger partial charge is 0.309 e. The smallest absolute Gasteiger partial charge is 0.0992 e. The highest BCUT2D eigenvalue weighted by molar-refractivity contribution is 6.28. The fourth-order valence-electron chi connectivity index (χ4n) is 10.1. The van der Waals surface area contributed by atoms with Crippen molar-refractivity contribution in [1.29, 1.82) is 5.26 Å². The van der Waals surface area contributed by atoms with E-state index in [1.165, 1.54) is 38.0 Å². The molecule has 0 radical (unpaired) electrons. The van der Waals surface area contributed by atoms with Crippen LogP contribution in [-0.2, 0) is 0 Å². The molecule has 13 rings (SSSR count). The predicted octanol–water partition coefficient (Wildman–Crippen LogP) is 13.9. The van der Waals surface area contributed by atoms with Gasteiger partial charge in [-0.2, -0.15) is 5.26 Å². The first-order valence-corrected chi connectivity index (χ1v) is 20.3. The van der Waals surface area contributed by atoms with Crippen molar-refractivity contribution in [3.05, 3.63) is 206 Å². The van der Waals surface area contributed by atoms with Crippen LogP contribution in [0.15, 0.2) is 200 Å². The highest BCUT2D eigenvalue weighted by Crippen LogP contribution is 2.45. The molecule has 0 amide bonds. The van der Waals surface area contributed by atoms with Crippen LogP contribution in [0.4, 0.5) is 0 Å². The molecule has 13 aromatic rings. The van der Waals surface area contributed by atoms with Gasteiger partial charge in [0.15, 0.2) is 0 Å². The molecule has 0 N–H and O–H groups in total. The third-order valence-electron chi connectivity index (χ3n) is 12.5. The summed E-state index contributed by atoms with van der Waals surface area (Å²) in [5.74, 6) is 0. The van der Waals surface area contributed by atoms with E-state index in [-0.39, 0.29) is 0 Å². The monoisotopic (exact) mass is 763 g/mol. The van der Waals surface area contributed by atoms with Crippen molar-refractivity contribution in [3.8, 4) is 28.8 Å². The molecule has 9 aromatic carbocycles. The average molecular weight is 764 g/mol. The van der Waals surface area contributed by atoms with E-state index in [4.69, 9.17) is 0 Å². The summed E-state index contributed by atoms with van der Waals surface area (Å²) in [5.41, 5.74) is 14.0. The zero-order valence-corrected chi connectivity index (χ0v) is 32.3. The van der Waals surface area contributed by atoms with Crippen LogP contribution in [0.25, 0.3) is 110 Å². The van der Waals surface area contributed by atoms with Crippen LogP contribution in [-0.4, -0.2) is 18.3 Å². The zero-order valence-electron chi connectivity index (χ0n) is 32.3. The van der Waals surface area contributed by atoms with Crippen LogP contribution in [0.3, 0.4) is 0 Å². The van der Waals surface area contributed by atoms with Gasteiger partial charge in [-0.1, -0.05) is 109 Å². The summed E-state index contributed by atoms with van der Waals surface area (Å²) in [4.78, 5) is 0. The first-order valence-electron chi connectivity index (χ1n) is 20.3. The van der Waals surface area contributed by atoms with Gasteiger partial charge in [-0.05, 0) is 91.0 Å². The van der Waals surface area contributed by atoms with Gasteiger partial charge in [-0.3, -0.25) is 0 Å². The molecule has 278 valence electrons. The van der Waals surface area contributed by atoms with Crippen molar-refractivity contribution in [2.24, 2.45) is 0 Å². The number of fused-ring (bicyclic) bond motifs is 14. The molecule has 0 bridgehead atoms. The molecule has 0 aliphatic carbocycles. The van der Waals surface area contributed by atoms with Gasteiger partial charge in [-0.25, -0.2) is 0 Å². The van der Waals surface area contributed by atoms with Crippen molar-refractivity contribution in [2.45, 2.75) is 0 Å². The molecule has 60 heavy (non-hydrogen) atoms. The number of para-hydroxylation sites is 5. The second kappa shape index (κ2) is 12.3. The van der Waals surface area contributed by atoms with Gasteiger partial charge in [0, 0.05) is 65.8 Å². The second-order valence-corrected chi connectivity index (χ2v) is 15.6. The van der Waals surface area contributed by atoms with Gasteiger partial charge in [0.1, 0.15) is 0 Å². The number of nitrogens with zero attached hydrogens (tertiary/aromatic N) is 5. The van der Waals surface area contributed by atoms with Crippen molar-refractivity contribution in [1.82, 2.24) is 18.3 Å². The Labute approximate surface area is 344 Å². The van der Waals surface area contributed by atoms with Crippen LogP contribution < -0.4 is 0 Å². The Balaban J connectivity index is 1.21. The molecule has 5 nitrogen and oxygen atoms in total. The van der Waals surface area contributed by atoms with E-state index in [0.29, 0.717) is 5.56 Å². The molecule has 5 heteroatoms. The lowest BCUT2D eigenvalue weighted by Gasteiger charge is -2.11. The molecule has 0 unspecified atom stereocenters. The van der Waals surface area contributed by atoms with E-state index in [0.717, 1.165) is 72.0 Å². The third kappa shape index (κ3) is 4.39. The quantitative estimate of drug-likeness (QED) is 0.176. The van der Waals surface area contributed by atoms with Crippen molar-refractivity contribution in [3.63, 3.8) is 0 Å². The van der Waals surface area contributed by atoms with E-state index in [2.05, 4.69) is 218 Å². The molecule has 0 saturated carbocycles. The number of hydrogen-bond donors (Lipinski definition) is 0. The zero-order chi connectivity index (χ0) is 39.5. The molecule has 0 aliphatic rings. The third-order valence-corrected chi connectivity index (χ3v) is 12.5. The average Bonchev–Trinajstić information content (AvgIpc) is 4.04. The number of aromatic nitrogens is 4. The summed E-state index contributed by atoms with van der Waals surface area (Å²) in [5, 5.41) is 19.7. The summed E-state index contributed by atoms with van der Waals surface area (Å²) >= 11 is 0. The summed E-state index contributed by atoms with van der Waals surface area (Å²) in [6.45, 7) is 0. The molecule has 0 aliphatic heterocycles. The normalized spacial score (nSPS) is 12.0. The maximum atomic E-state index is 10.3. The summed E-state index contributed by atoms with van der Waals surface area (Å²) < 4.78 is 9.62. The fourth-order valence-corrected chi connectivity index (χ4v) is 10.1. The molecule has 0 spiro atoms. The van der Waals surface area contributed by atoms with E-state index in [9.17, 15) is 5.26 Å². The van der Waals surface area contributed by atoms with Crippen LogP contribution in [0.5, 0.6) is 0 Å². The van der Waals surface area contributed by atoms with E-state index in [1.807, 2.05) is 6.07 Å². The Morgan fingerprint density at radius 2 is 0.717 bits per heavy atom. The minimum atomic E-state index is 0.627. The number of hydrogen-bond acceptors (Lipinski definition) is 1. The highest BCUT2D eigenvalue weighted by Gasteiger charge is 2.24. The maximum Gasteiger partial charge on any atom is 0.0992 e. The van der Waals surface area contributed by atoms with Crippen LogP contribution >= 0.6 is 0 Å². The summed E-state index contributed by atoms with van der Waals surface area (Å²) in [7, 11) is 0. The van der Waals surface area contributed by atoms with Crippen LogP contribution in [0, 0.1) is 11.3 Å². The topological polar surface area (TPSA) is 43.5 Å². The van der Waals surface area contributed by atoms with Gasteiger partial charge >= 0.3 is 0 Å². The highest BCUT2D eigenvalue weighted by atomic mass is 15.0. The molecule has 0 saturated heterocycles. The number of rotatable bonds is 4. The van der Waals surface area contributed by atoms with Gasteiger partial charge in [-0.15, -0.1) is 0 Å². The first kappa shape index (κ1) is 32.7. The molecule has 0 atom stereocenters. The van der Waals surface area contributed by atoms with E-state index >= 15 is 0 Å². The Kier molecular flexibility index (Phi) is 6.73. The van der Waals surface area contributed by atoms with E-state index < -0.39 is 0 Å². The van der Waals surface area contributed by atoms with Crippen molar-refractivity contribution < 1.29 is 0 Å². The Morgan fingerprint density at radius 1 is 0.283 bits per heavy atom. The fraction of sp³-hybridized carbons (Fsp3) is 0. The van der Waals surface area contributed by atoms with E-state index in [1.54, 1.807) is 0 Å². The van der Waals surface area contributed by atoms with Gasteiger partial charge in [0.05, 0.1) is 55.8 Å². The predicted molar refractivity (Wildman–Crippen MR) is 249 cm³/mol. The Hall–Kier alpha value is -8.33. The number of benzene rings is 9. The lowest BCUT2D eigenvalue weighted by atomic mass is 10.1. The summed E-state index contributed by atoms with van der Waals surface area (Å²) in [6.07, 6.45) is 0. The molecule has 4 heterocycles. The Bertz CT molecular complexity index is 3930. The lowest BCUT2D eigenvalue weighted by molar-refractivity contribution is 1.16. The molecular weight excluding hydrogens is 731 g/mol. The van der Waals surface area contributed by atoms with Gasteiger partial charge < -0.3 is 18.3 Å². The SMILES string of the molecule is N#Cc1ccc2c3c(ccc4c5ccccc5n(-c5ccccc5)c43)n(-c3ccc4c(c3)c3c(ccc5c6ccccc6n(-c6ccccc6)c53)n4-c3ccccc3)c2c1. The molecular formula is C55H33N5. The van der Waals surface area contributed by atoms with Gasteiger partial charge in [0.2, 0.25) is 0 Å². The number of nitriles is 1. The second-order valence-electron chi connectivity index (χ2n) is 15.6. The lowest BCUT2D eigenvalue weighted by Crippen LogP contribution is -1.96. The minimum absolute atomic E-state index is 0.627. The molecule has 4 aromatic heterocycles. The van der Waals surface area contributed by atoms with Gasteiger partial charge in [0.25, 0.3) is 0 Å². The van der Waals surface area contributed by atoms with Crippen LogP contribution in [0.2, 0.25) is 0 Å². The minimum Gasteiger partial charge on any atom is -0.309 e. The first-order chi connectivity index (χ1) is 29.8. The van der Waals surface area contributed by atoms with Crippen molar-refractivity contribution >= 4 is 87.2 Å². The molecule has 0 fully saturated rings.